The highest BCUT2D eigenvalue weighted by Crippen LogP contribution is 2.11. The van der Waals surface area contributed by atoms with Gasteiger partial charge in [0.2, 0.25) is 5.91 Å². The average molecular weight is 275 g/mol. The van der Waals surface area contributed by atoms with Crippen LogP contribution < -0.4 is 5.73 Å². The number of amides is 1. The summed E-state index contributed by atoms with van der Waals surface area (Å²) < 4.78 is 0. The van der Waals surface area contributed by atoms with Gasteiger partial charge in [-0.15, -0.1) is 0 Å². The van der Waals surface area contributed by atoms with Crippen LogP contribution >= 0.6 is 0 Å². The Balaban J connectivity index is 1.88. The Morgan fingerprint density at radius 1 is 1.10 bits per heavy atom. The van der Waals surface area contributed by atoms with Crippen LogP contribution in [-0.4, -0.2) is 48.4 Å². The number of benzene rings is 1. The molecule has 1 heterocycles. The molecule has 0 aliphatic carbocycles. The Labute approximate surface area is 121 Å². The molecule has 110 valence electrons. The van der Waals surface area contributed by atoms with Crippen LogP contribution in [0.1, 0.15) is 24.5 Å². The van der Waals surface area contributed by atoms with Crippen LogP contribution in [0.3, 0.4) is 0 Å². The molecular weight excluding hydrogens is 250 g/mol. The molecule has 0 spiro atoms. The first kappa shape index (κ1) is 15.0. The smallest absolute Gasteiger partial charge is 0.236 e. The van der Waals surface area contributed by atoms with E-state index in [4.69, 9.17) is 5.73 Å². The molecule has 0 atom stereocenters. The van der Waals surface area contributed by atoms with Crippen LogP contribution in [0.15, 0.2) is 24.3 Å². The lowest BCUT2D eigenvalue weighted by Crippen LogP contribution is -2.38. The van der Waals surface area contributed by atoms with E-state index in [1.807, 2.05) is 4.90 Å². The third-order valence-corrected chi connectivity index (χ3v) is 3.95. The van der Waals surface area contributed by atoms with E-state index in [1.54, 1.807) is 0 Å². The highest BCUT2D eigenvalue weighted by molar-refractivity contribution is 5.78. The Bertz CT molecular complexity index is 430. The Morgan fingerprint density at radius 2 is 1.80 bits per heavy atom. The summed E-state index contributed by atoms with van der Waals surface area (Å²) >= 11 is 0. The van der Waals surface area contributed by atoms with Gasteiger partial charge in [-0.25, -0.2) is 0 Å². The predicted molar refractivity (Wildman–Crippen MR) is 81.3 cm³/mol. The first-order valence-corrected chi connectivity index (χ1v) is 7.51. The highest BCUT2D eigenvalue weighted by atomic mass is 16.2. The minimum atomic E-state index is 0.0687. The summed E-state index contributed by atoms with van der Waals surface area (Å²) in [5.41, 5.74) is 8.16. The Morgan fingerprint density at radius 3 is 2.45 bits per heavy atom. The van der Waals surface area contributed by atoms with Crippen molar-refractivity contribution < 1.29 is 4.79 Å². The van der Waals surface area contributed by atoms with E-state index in [0.29, 0.717) is 0 Å². The zero-order valence-corrected chi connectivity index (χ0v) is 12.3. The Kier molecular flexibility index (Phi) is 5.56. The first-order chi connectivity index (χ1) is 9.72. The Hall–Kier alpha value is -1.39. The molecule has 2 N–H and O–H groups in total. The quantitative estimate of drug-likeness (QED) is 0.899. The van der Waals surface area contributed by atoms with Crippen molar-refractivity contribution >= 4 is 5.91 Å². The van der Waals surface area contributed by atoms with Crippen LogP contribution in [0.5, 0.6) is 0 Å². The summed E-state index contributed by atoms with van der Waals surface area (Å²) in [5.74, 6) is 0.0687. The van der Waals surface area contributed by atoms with Crippen molar-refractivity contribution in [2.45, 2.75) is 26.3 Å². The maximum Gasteiger partial charge on any atom is 0.236 e. The molecule has 20 heavy (non-hydrogen) atoms. The van der Waals surface area contributed by atoms with E-state index in [1.165, 1.54) is 11.1 Å². The van der Waals surface area contributed by atoms with Crippen molar-refractivity contribution in [2.75, 3.05) is 32.7 Å². The van der Waals surface area contributed by atoms with Gasteiger partial charge in [-0.05, 0) is 24.0 Å². The van der Waals surface area contributed by atoms with Gasteiger partial charge in [0.25, 0.3) is 0 Å². The minimum Gasteiger partial charge on any atom is -0.340 e. The van der Waals surface area contributed by atoms with Gasteiger partial charge in [0.1, 0.15) is 0 Å². The van der Waals surface area contributed by atoms with Gasteiger partial charge in [0.15, 0.2) is 0 Å². The molecule has 1 saturated heterocycles. The normalized spacial score (nSPS) is 17.0. The van der Waals surface area contributed by atoms with Gasteiger partial charge >= 0.3 is 0 Å². The third kappa shape index (κ3) is 4.05. The van der Waals surface area contributed by atoms with Crippen LogP contribution in [0.2, 0.25) is 0 Å². The largest absolute Gasteiger partial charge is 0.340 e. The van der Waals surface area contributed by atoms with Crippen LogP contribution in [0, 0.1) is 0 Å². The summed E-state index contributed by atoms with van der Waals surface area (Å²) in [6, 6.07) is 8.84. The molecule has 0 radical (unpaired) electrons. The molecule has 4 nitrogen and oxygen atoms in total. The second-order valence-electron chi connectivity index (χ2n) is 5.38. The molecule has 1 aromatic carbocycles. The lowest BCUT2D eigenvalue weighted by Gasteiger charge is -2.21. The third-order valence-electron chi connectivity index (χ3n) is 3.95. The maximum absolute atomic E-state index is 11.6. The summed E-state index contributed by atoms with van der Waals surface area (Å²) in [7, 11) is 0. The van der Waals surface area contributed by atoms with Crippen molar-refractivity contribution in [3.8, 4) is 0 Å². The maximum atomic E-state index is 11.6. The first-order valence-electron chi connectivity index (χ1n) is 7.51. The fraction of sp³-hybridized carbons (Fsp3) is 0.562. The average Bonchev–Trinajstić information content (AvgIpc) is 2.73. The second kappa shape index (κ2) is 7.41. The van der Waals surface area contributed by atoms with Crippen molar-refractivity contribution in [3.05, 3.63) is 35.4 Å². The standard InChI is InChI=1S/C16H25N3O/c1-2-14-4-6-15(7-5-14)13-18-8-3-9-19(11-10-18)16(20)12-17/h4-7H,2-3,8-13,17H2,1H3. The zero-order chi connectivity index (χ0) is 14.4. The summed E-state index contributed by atoms with van der Waals surface area (Å²) in [6.07, 6.45) is 2.11. The van der Waals surface area contributed by atoms with Crippen molar-refractivity contribution in [1.82, 2.24) is 9.80 Å². The molecule has 1 aliphatic rings. The number of carbonyl (C=O) groups is 1. The van der Waals surface area contributed by atoms with E-state index in [-0.39, 0.29) is 12.5 Å². The van der Waals surface area contributed by atoms with E-state index in [2.05, 4.69) is 36.1 Å². The number of hydrogen-bond donors (Lipinski definition) is 1. The van der Waals surface area contributed by atoms with Gasteiger partial charge in [-0.1, -0.05) is 31.2 Å². The van der Waals surface area contributed by atoms with Gasteiger partial charge in [-0.2, -0.15) is 0 Å². The molecule has 0 unspecified atom stereocenters. The number of aryl methyl sites for hydroxylation is 1. The number of hydrogen-bond acceptors (Lipinski definition) is 3. The van der Waals surface area contributed by atoms with Crippen molar-refractivity contribution in [2.24, 2.45) is 5.73 Å². The molecule has 0 aromatic heterocycles. The van der Waals surface area contributed by atoms with Gasteiger partial charge < -0.3 is 10.6 Å². The molecule has 4 heteroatoms. The van der Waals surface area contributed by atoms with Crippen molar-refractivity contribution in [3.63, 3.8) is 0 Å². The summed E-state index contributed by atoms with van der Waals surface area (Å²) in [4.78, 5) is 15.9. The molecule has 0 saturated carbocycles. The lowest BCUT2D eigenvalue weighted by molar-refractivity contribution is -0.129. The van der Waals surface area contributed by atoms with Crippen LogP contribution in [0.4, 0.5) is 0 Å². The summed E-state index contributed by atoms with van der Waals surface area (Å²) in [6.45, 7) is 6.87. The predicted octanol–water partition coefficient (Wildman–Crippen LogP) is 1.24. The highest BCUT2D eigenvalue weighted by Gasteiger charge is 2.17. The van der Waals surface area contributed by atoms with Crippen LogP contribution in [0.25, 0.3) is 0 Å². The monoisotopic (exact) mass is 275 g/mol. The number of nitrogens with zero attached hydrogens (tertiary/aromatic N) is 2. The van der Waals surface area contributed by atoms with Crippen LogP contribution in [-0.2, 0) is 17.8 Å². The zero-order valence-electron chi connectivity index (χ0n) is 12.3. The molecule has 1 aliphatic heterocycles. The van der Waals surface area contributed by atoms with E-state index in [9.17, 15) is 4.79 Å². The van der Waals surface area contributed by atoms with E-state index >= 15 is 0 Å². The van der Waals surface area contributed by atoms with Gasteiger partial charge in [-0.3, -0.25) is 9.69 Å². The second-order valence-corrected chi connectivity index (χ2v) is 5.38. The number of nitrogens with two attached hydrogens (primary N) is 1. The van der Waals surface area contributed by atoms with Gasteiger partial charge in [0, 0.05) is 32.7 Å². The van der Waals surface area contributed by atoms with Gasteiger partial charge in [0.05, 0.1) is 6.54 Å². The summed E-state index contributed by atoms with van der Waals surface area (Å²) in [5, 5.41) is 0. The number of carbonyl (C=O) groups excluding carboxylic acids is 1. The van der Waals surface area contributed by atoms with E-state index in [0.717, 1.165) is 45.6 Å². The molecule has 1 amide bonds. The minimum absolute atomic E-state index is 0.0687. The van der Waals surface area contributed by atoms with Crippen molar-refractivity contribution in [1.29, 1.82) is 0 Å². The molecule has 0 bridgehead atoms. The lowest BCUT2D eigenvalue weighted by atomic mass is 10.1. The number of rotatable bonds is 4. The fourth-order valence-electron chi connectivity index (χ4n) is 2.65. The van der Waals surface area contributed by atoms with E-state index < -0.39 is 0 Å². The SMILES string of the molecule is CCc1ccc(CN2CCCN(C(=O)CN)CC2)cc1. The molecular formula is C16H25N3O. The molecule has 1 aromatic rings. The molecule has 1 fully saturated rings. The molecule has 2 rings (SSSR count). The fourth-order valence-corrected chi connectivity index (χ4v) is 2.65. The topological polar surface area (TPSA) is 49.6 Å².